The predicted octanol–water partition coefficient (Wildman–Crippen LogP) is 3.55. The van der Waals surface area contributed by atoms with E-state index in [9.17, 15) is 13.2 Å². The maximum atomic E-state index is 12.3. The molecular formula is C19H26N4O3S2. The number of amides is 1. The van der Waals surface area contributed by atoms with Gasteiger partial charge in [-0.2, -0.15) is 5.10 Å². The van der Waals surface area contributed by atoms with Crippen LogP contribution in [0.4, 0.5) is 5.82 Å². The number of carbonyl (C=O) groups excluding carboxylic acids is 1. The fourth-order valence-electron chi connectivity index (χ4n) is 3.38. The first-order valence-electron chi connectivity index (χ1n) is 9.52. The van der Waals surface area contributed by atoms with Gasteiger partial charge < -0.3 is 5.32 Å². The number of thiophene rings is 1. The van der Waals surface area contributed by atoms with Crippen molar-refractivity contribution in [2.75, 3.05) is 11.9 Å². The Hall–Kier alpha value is -1.97. The largest absolute Gasteiger partial charge is 0.309 e. The van der Waals surface area contributed by atoms with Crippen molar-refractivity contribution < 1.29 is 13.2 Å². The molecule has 1 saturated carbocycles. The molecule has 0 aromatic carbocycles. The van der Waals surface area contributed by atoms with Crippen molar-refractivity contribution in [1.82, 2.24) is 14.9 Å². The maximum Gasteiger partial charge on any atom is 0.250 e. The molecule has 0 bridgehead atoms. The number of carbonyl (C=O) groups is 1. The summed E-state index contributed by atoms with van der Waals surface area (Å²) >= 11 is 1.09. The quantitative estimate of drug-likeness (QED) is 0.447. The summed E-state index contributed by atoms with van der Waals surface area (Å²) in [5.41, 5.74) is 1.08. The summed E-state index contributed by atoms with van der Waals surface area (Å²) in [6.45, 7) is 3.66. The van der Waals surface area contributed by atoms with Crippen LogP contribution in [0.5, 0.6) is 0 Å². The molecule has 0 radical (unpaired) electrons. The van der Waals surface area contributed by atoms with Crippen molar-refractivity contribution in [3.8, 4) is 0 Å². The van der Waals surface area contributed by atoms with E-state index in [2.05, 4.69) is 26.8 Å². The number of hydrogen-bond acceptors (Lipinski definition) is 5. The Morgan fingerprint density at radius 3 is 2.75 bits per heavy atom. The Bertz CT molecular complexity index is 909. The van der Waals surface area contributed by atoms with Crippen LogP contribution in [0.2, 0.25) is 0 Å². The van der Waals surface area contributed by atoms with Crippen molar-refractivity contribution >= 4 is 33.1 Å². The van der Waals surface area contributed by atoms with Gasteiger partial charge in [0.15, 0.2) is 5.82 Å². The molecule has 152 valence electrons. The van der Waals surface area contributed by atoms with Gasteiger partial charge in [-0.3, -0.25) is 9.89 Å². The van der Waals surface area contributed by atoms with E-state index < -0.39 is 10.0 Å². The SMILES string of the molecule is C=CCNS(=O)(=O)c1ccc(CC(=O)Nc2cc(C3CCCCCC3)[nH]n2)s1. The minimum Gasteiger partial charge on any atom is -0.309 e. The minimum absolute atomic E-state index is 0.104. The molecule has 9 heteroatoms. The Morgan fingerprint density at radius 2 is 2.04 bits per heavy atom. The van der Waals surface area contributed by atoms with Crippen LogP contribution in [0.25, 0.3) is 0 Å². The molecule has 2 heterocycles. The molecule has 0 atom stereocenters. The van der Waals surface area contributed by atoms with Crippen LogP contribution in [0.3, 0.4) is 0 Å². The summed E-state index contributed by atoms with van der Waals surface area (Å²) in [4.78, 5) is 13.0. The van der Waals surface area contributed by atoms with Crippen LogP contribution in [0.1, 0.15) is 55.0 Å². The van der Waals surface area contributed by atoms with Crippen molar-refractivity contribution in [1.29, 1.82) is 0 Å². The molecular weight excluding hydrogens is 396 g/mol. The molecule has 1 amide bonds. The lowest BCUT2D eigenvalue weighted by molar-refractivity contribution is -0.115. The second-order valence-corrected chi connectivity index (χ2v) is 10.1. The van der Waals surface area contributed by atoms with Crippen molar-refractivity contribution in [2.45, 2.75) is 55.1 Å². The Kier molecular flexibility index (Phi) is 7.03. The van der Waals surface area contributed by atoms with Crippen LogP contribution in [0.15, 0.2) is 35.1 Å². The van der Waals surface area contributed by atoms with Gasteiger partial charge >= 0.3 is 0 Å². The fraction of sp³-hybridized carbons (Fsp3) is 0.474. The number of nitrogens with zero attached hydrogens (tertiary/aromatic N) is 1. The van der Waals surface area contributed by atoms with Gasteiger partial charge in [0.25, 0.3) is 0 Å². The Balaban J connectivity index is 1.57. The van der Waals surface area contributed by atoms with Crippen molar-refractivity contribution in [3.05, 3.63) is 41.4 Å². The number of H-pyrrole nitrogens is 1. The zero-order valence-corrected chi connectivity index (χ0v) is 17.4. The molecule has 1 aliphatic carbocycles. The first kappa shape index (κ1) is 20.8. The van der Waals surface area contributed by atoms with E-state index in [0.717, 1.165) is 29.9 Å². The molecule has 0 saturated heterocycles. The highest BCUT2D eigenvalue weighted by atomic mass is 32.2. The highest BCUT2D eigenvalue weighted by Gasteiger charge is 2.19. The van der Waals surface area contributed by atoms with Gasteiger partial charge in [0.2, 0.25) is 15.9 Å². The standard InChI is InChI=1S/C19H26N4O3S2/c1-2-11-20-28(25,26)19-10-9-15(27-19)12-18(24)21-17-13-16(22-23-17)14-7-5-3-4-6-8-14/h2,9-10,13-14,20H,1,3-8,11-12H2,(H2,21,22,23,24). The predicted molar refractivity (Wildman–Crippen MR) is 111 cm³/mol. The van der Waals surface area contributed by atoms with Crippen LogP contribution in [0, 0.1) is 0 Å². The molecule has 0 spiro atoms. The molecule has 7 nitrogen and oxygen atoms in total. The van der Waals surface area contributed by atoms with Gasteiger partial charge in [-0.05, 0) is 25.0 Å². The van der Waals surface area contributed by atoms with Crippen molar-refractivity contribution in [2.24, 2.45) is 0 Å². The molecule has 28 heavy (non-hydrogen) atoms. The van der Waals surface area contributed by atoms with Gasteiger partial charge in [-0.1, -0.05) is 31.8 Å². The number of aromatic amines is 1. The molecule has 0 unspecified atom stereocenters. The second kappa shape index (κ2) is 9.49. The summed E-state index contributed by atoms with van der Waals surface area (Å²) in [5.74, 6) is 0.777. The van der Waals surface area contributed by atoms with E-state index in [1.165, 1.54) is 37.8 Å². The third kappa shape index (κ3) is 5.52. The topological polar surface area (TPSA) is 104 Å². The van der Waals surface area contributed by atoms with E-state index in [4.69, 9.17) is 0 Å². The van der Waals surface area contributed by atoms with E-state index in [0.29, 0.717) is 16.6 Å². The molecule has 1 aliphatic rings. The summed E-state index contributed by atoms with van der Waals surface area (Å²) in [6.07, 6.45) is 8.93. The average molecular weight is 423 g/mol. The summed E-state index contributed by atoms with van der Waals surface area (Å²) in [5, 5.41) is 10.1. The average Bonchev–Trinajstić information content (AvgIpc) is 3.23. The number of nitrogens with one attached hydrogen (secondary N) is 3. The molecule has 2 aromatic rings. The molecule has 2 aromatic heterocycles. The van der Waals surface area contributed by atoms with E-state index in [1.807, 2.05) is 6.07 Å². The first-order valence-corrected chi connectivity index (χ1v) is 11.8. The van der Waals surface area contributed by atoms with Gasteiger partial charge in [-0.15, -0.1) is 17.9 Å². The summed E-state index contributed by atoms with van der Waals surface area (Å²) < 4.78 is 26.8. The number of sulfonamides is 1. The molecule has 1 fully saturated rings. The summed E-state index contributed by atoms with van der Waals surface area (Å²) in [7, 11) is -3.56. The zero-order valence-electron chi connectivity index (χ0n) is 15.7. The van der Waals surface area contributed by atoms with Gasteiger partial charge in [-0.25, -0.2) is 13.1 Å². The highest BCUT2D eigenvalue weighted by molar-refractivity contribution is 7.91. The maximum absolute atomic E-state index is 12.3. The number of aromatic nitrogens is 2. The molecule has 3 rings (SSSR count). The third-order valence-corrected chi connectivity index (χ3v) is 7.82. The molecule has 3 N–H and O–H groups in total. The minimum atomic E-state index is -3.56. The smallest absolute Gasteiger partial charge is 0.250 e. The number of anilines is 1. The lowest BCUT2D eigenvalue weighted by atomic mass is 9.97. The first-order chi connectivity index (χ1) is 13.5. The third-order valence-electron chi connectivity index (χ3n) is 4.81. The van der Waals surface area contributed by atoms with Gasteiger partial charge in [0.05, 0.1) is 6.42 Å². The van der Waals surface area contributed by atoms with Gasteiger partial charge in [0.1, 0.15) is 4.21 Å². The Labute approximate surface area is 169 Å². The van der Waals surface area contributed by atoms with Gasteiger partial charge in [0, 0.05) is 29.1 Å². The van der Waals surface area contributed by atoms with Crippen LogP contribution in [-0.4, -0.2) is 31.1 Å². The fourth-order valence-corrected chi connectivity index (χ4v) is 5.78. The van der Waals surface area contributed by atoms with E-state index in [1.54, 1.807) is 6.07 Å². The van der Waals surface area contributed by atoms with Crippen LogP contribution >= 0.6 is 11.3 Å². The monoisotopic (exact) mass is 422 g/mol. The van der Waals surface area contributed by atoms with Crippen LogP contribution in [-0.2, 0) is 21.2 Å². The second-order valence-electron chi connectivity index (χ2n) is 6.98. The van der Waals surface area contributed by atoms with E-state index in [-0.39, 0.29) is 23.1 Å². The Morgan fingerprint density at radius 1 is 1.29 bits per heavy atom. The number of rotatable bonds is 8. The highest BCUT2D eigenvalue weighted by Crippen LogP contribution is 2.31. The van der Waals surface area contributed by atoms with E-state index >= 15 is 0 Å². The van der Waals surface area contributed by atoms with Crippen LogP contribution < -0.4 is 10.0 Å². The van der Waals surface area contributed by atoms with Crippen molar-refractivity contribution in [3.63, 3.8) is 0 Å². The lowest BCUT2D eigenvalue weighted by Gasteiger charge is -2.10. The number of hydrogen-bond donors (Lipinski definition) is 3. The summed E-state index contributed by atoms with van der Waals surface area (Å²) in [6, 6.07) is 5.09. The normalized spacial score (nSPS) is 15.9. The lowest BCUT2D eigenvalue weighted by Crippen LogP contribution is -2.22. The zero-order chi connectivity index (χ0) is 20.0. The molecule has 0 aliphatic heterocycles.